The van der Waals surface area contributed by atoms with Crippen LogP contribution in [0.2, 0.25) is 0 Å². The standard InChI is InChI=1S/C24H31FN4O2.CH4/c1-27(23(30)16-28-9-11-31-12-10-28)19-13-18(17-4-5-17)14-29(15-19)22-7-6-21(25)24-20(22)3-2-8-26-24;/h2-3,6-8,17-19H,4-5,9-16H2,1H3;1H4. The van der Waals surface area contributed by atoms with E-state index < -0.39 is 0 Å². The highest BCUT2D eigenvalue weighted by Gasteiger charge is 2.40. The molecule has 6 nitrogen and oxygen atoms in total. The molecule has 3 fully saturated rings. The van der Waals surface area contributed by atoms with Crippen LogP contribution in [0.4, 0.5) is 10.1 Å². The lowest BCUT2D eigenvalue weighted by Crippen LogP contribution is -2.54. The molecule has 0 bridgehead atoms. The molecule has 2 atom stereocenters. The summed E-state index contributed by atoms with van der Waals surface area (Å²) < 4.78 is 19.7. The average molecular weight is 443 g/mol. The Morgan fingerprint density at radius 1 is 1.19 bits per heavy atom. The van der Waals surface area contributed by atoms with E-state index in [0.717, 1.165) is 49.6 Å². The zero-order valence-corrected chi connectivity index (χ0v) is 18.2. The molecule has 0 N–H and O–H groups in total. The van der Waals surface area contributed by atoms with Gasteiger partial charge in [-0.25, -0.2) is 4.39 Å². The van der Waals surface area contributed by atoms with E-state index in [1.807, 2.05) is 30.1 Å². The fourth-order valence-electron chi connectivity index (χ4n) is 5.16. The Morgan fingerprint density at radius 2 is 1.97 bits per heavy atom. The molecule has 1 aromatic carbocycles. The van der Waals surface area contributed by atoms with Gasteiger partial charge in [0.05, 0.1) is 19.8 Å². The maximum Gasteiger partial charge on any atom is 0.236 e. The highest BCUT2D eigenvalue weighted by molar-refractivity contribution is 5.92. The fraction of sp³-hybridized carbons (Fsp3) is 0.600. The smallest absolute Gasteiger partial charge is 0.236 e. The van der Waals surface area contributed by atoms with Gasteiger partial charge in [-0.3, -0.25) is 14.7 Å². The predicted octanol–water partition coefficient (Wildman–Crippen LogP) is 3.41. The number of morpholine rings is 1. The third kappa shape index (κ3) is 4.74. The lowest BCUT2D eigenvalue weighted by molar-refractivity contribution is -0.134. The second kappa shape index (κ2) is 9.71. The first-order valence-electron chi connectivity index (χ1n) is 11.4. The Labute approximate surface area is 190 Å². The van der Waals surface area contributed by atoms with E-state index >= 15 is 0 Å². The molecule has 1 saturated carbocycles. The SMILES string of the molecule is C.CN(C(=O)CN1CCOCC1)C1CC(C2CC2)CN(c2ccc(F)c3ncccc23)C1. The van der Waals surface area contributed by atoms with Crippen LogP contribution in [-0.2, 0) is 9.53 Å². The summed E-state index contributed by atoms with van der Waals surface area (Å²) in [7, 11) is 1.95. The Hall–Kier alpha value is -2.25. The van der Waals surface area contributed by atoms with Crippen molar-refractivity contribution in [3.63, 3.8) is 0 Å². The van der Waals surface area contributed by atoms with Gasteiger partial charge in [-0.05, 0) is 55.4 Å². The van der Waals surface area contributed by atoms with Gasteiger partial charge in [0.2, 0.25) is 5.91 Å². The van der Waals surface area contributed by atoms with E-state index in [-0.39, 0.29) is 25.2 Å². The third-order valence-electron chi connectivity index (χ3n) is 7.19. The van der Waals surface area contributed by atoms with Crippen molar-refractivity contribution in [2.75, 3.05) is 57.9 Å². The first-order chi connectivity index (χ1) is 15.1. The number of hydrogen-bond donors (Lipinski definition) is 0. The maximum absolute atomic E-state index is 14.3. The molecule has 1 aromatic heterocycles. The number of hydrogen-bond acceptors (Lipinski definition) is 5. The minimum absolute atomic E-state index is 0. The number of benzene rings is 1. The normalized spacial score (nSPS) is 24.2. The van der Waals surface area contributed by atoms with Crippen LogP contribution in [0, 0.1) is 17.7 Å². The second-order valence-corrected chi connectivity index (χ2v) is 9.25. The summed E-state index contributed by atoms with van der Waals surface area (Å²) in [5.41, 5.74) is 1.44. The van der Waals surface area contributed by atoms with Crippen LogP contribution < -0.4 is 4.90 Å². The number of carbonyl (C=O) groups is 1. The number of anilines is 1. The minimum Gasteiger partial charge on any atom is -0.379 e. The monoisotopic (exact) mass is 442 g/mol. The molecule has 0 radical (unpaired) electrons. The topological polar surface area (TPSA) is 48.9 Å². The van der Waals surface area contributed by atoms with Crippen LogP contribution in [0.25, 0.3) is 10.9 Å². The van der Waals surface area contributed by atoms with Gasteiger partial charge < -0.3 is 14.5 Å². The zero-order valence-electron chi connectivity index (χ0n) is 18.2. The number of pyridine rings is 1. The van der Waals surface area contributed by atoms with Gasteiger partial charge in [0, 0.05) is 56.5 Å². The van der Waals surface area contributed by atoms with Crippen molar-refractivity contribution < 1.29 is 13.9 Å². The van der Waals surface area contributed by atoms with Crippen molar-refractivity contribution in [2.24, 2.45) is 11.8 Å². The number of rotatable bonds is 5. The number of fused-ring (bicyclic) bond motifs is 1. The molecule has 3 heterocycles. The van der Waals surface area contributed by atoms with Crippen molar-refractivity contribution in [1.29, 1.82) is 0 Å². The predicted molar refractivity (Wildman–Crippen MR) is 125 cm³/mol. The minimum atomic E-state index is -0.288. The van der Waals surface area contributed by atoms with Gasteiger partial charge in [0.25, 0.3) is 0 Å². The molecule has 2 saturated heterocycles. The summed E-state index contributed by atoms with van der Waals surface area (Å²) in [4.78, 5) is 23.8. The van der Waals surface area contributed by atoms with Gasteiger partial charge in [-0.1, -0.05) is 7.43 Å². The molecular weight excluding hydrogens is 407 g/mol. The van der Waals surface area contributed by atoms with Gasteiger partial charge in [0.1, 0.15) is 11.3 Å². The zero-order chi connectivity index (χ0) is 21.4. The van der Waals surface area contributed by atoms with Crippen LogP contribution in [0.1, 0.15) is 26.7 Å². The van der Waals surface area contributed by atoms with Crippen molar-refractivity contribution >= 4 is 22.5 Å². The molecular formula is C25H35FN4O2. The highest BCUT2D eigenvalue weighted by Crippen LogP contribution is 2.43. The maximum atomic E-state index is 14.3. The number of halogens is 1. The van der Waals surface area contributed by atoms with Crippen LogP contribution in [0.5, 0.6) is 0 Å². The number of ether oxygens (including phenoxy) is 1. The van der Waals surface area contributed by atoms with Crippen molar-refractivity contribution in [1.82, 2.24) is 14.8 Å². The number of amides is 1. The molecule has 32 heavy (non-hydrogen) atoms. The first kappa shape index (κ1) is 22.9. The Kier molecular flexibility index (Phi) is 6.96. The largest absolute Gasteiger partial charge is 0.379 e. The molecule has 1 amide bonds. The summed E-state index contributed by atoms with van der Waals surface area (Å²) in [6.45, 7) is 5.21. The van der Waals surface area contributed by atoms with E-state index in [2.05, 4.69) is 14.8 Å². The summed E-state index contributed by atoms with van der Waals surface area (Å²) >= 11 is 0. The van der Waals surface area contributed by atoms with Gasteiger partial charge in [-0.2, -0.15) is 0 Å². The quantitative estimate of drug-likeness (QED) is 0.710. The highest BCUT2D eigenvalue weighted by atomic mass is 19.1. The molecule has 2 aromatic rings. The van der Waals surface area contributed by atoms with E-state index in [4.69, 9.17) is 4.74 Å². The van der Waals surface area contributed by atoms with Crippen molar-refractivity contribution in [3.05, 3.63) is 36.3 Å². The number of nitrogens with zero attached hydrogens (tertiary/aromatic N) is 4. The summed E-state index contributed by atoms with van der Waals surface area (Å²) in [6.07, 6.45) is 5.24. The number of aromatic nitrogens is 1. The Balaban J connectivity index is 0.00000245. The lowest BCUT2D eigenvalue weighted by Gasteiger charge is -2.43. The molecule has 5 rings (SSSR count). The van der Waals surface area contributed by atoms with Crippen LogP contribution in [-0.4, -0.2) is 79.7 Å². The Morgan fingerprint density at radius 3 is 2.72 bits per heavy atom. The summed E-state index contributed by atoms with van der Waals surface area (Å²) in [5.74, 6) is 1.20. The molecule has 3 aliphatic rings. The second-order valence-electron chi connectivity index (χ2n) is 9.25. The fourth-order valence-corrected chi connectivity index (χ4v) is 5.16. The summed E-state index contributed by atoms with van der Waals surface area (Å²) in [5, 5.41) is 0.847. The molecule has 1 aliphatic carbocycles. The van der Waals surface area contributed by atoms with Crippen molar-refractivity contribution in [3.8, 4) is 0 Å². The van der Waals surface area contributed by atoms with Gasteiger partial charge in [0.15, 0.2) is 0 Å². The number of likely N-dealkylation sites (N-methyl/N-ethyl adjacent to an activating group) is 1. The van der Waals surface area contributed by atoms with E-state index in [9.17, 15) is 9.18 Å². The van der Waals surface area contributed by atoms with Crippen LogP contribution >= 0.6 is 0 Å². The van der Waals surface area contributed by atoms with E-state index in [1.165, 1.54) is 18.9 Å². The van der Waals surface area contributed by atoms with Crippen LogP contribution in [0.15, 0.2) is 30.5 Å². The molecule has 0 spiro atoms. The average Bonchev–Trinajstić information content (AvgIpc) is 3.65. The van der Waals surface area contributed by atoms with E-state index in [0.29, 0.717) is 31.2 Å². The lowest BCUT2D eigenvalue weighted by atomic mass is 9.88. The molecule has 174 valence electrons. The first-order valence-corrected chi connectivity index (χ1v) is 11.4. The molecule has 7 heteroatoms. The third-order valence-corrected chi connectivity index (χ3v) is 7.19. The van der Waals surface area contributed by atoms with Crippen molar-refractivity contribution in [2.45, 2.75) is 32.7 Å². The Bertz CT molecular complexity index is 945. The molecule has 2 unspecified atom stereocenters. The van der Waals surface area contributed by atoms with Gasteiger partial charge >= 0.3 is 0 Å². The summed E-state index contributed by atoms with van der Waals surface area (Å²) in [6, 6.07) is 7.37. The van der Waals surface area contributed by atoms with Gasteiger partial charge in [-0.15, -0.1) is 0 Å². The molecule has 2 aliphatic heterocycles. The van der Waals surface area contributed by atoms with Crippen LogP contribution in [0.3, 0.4) is 0 Å². The number of piperidine rings is 1. The number of carbonyl (C=O) groups excluding carboxylic acids is 1. The van der Waals surface area contributed by atoms with E-state index in [1.54, 1.807) is 6.20 Å².